The summed E-state index contributed by atoms with van der Waals surface area (Å²) in [5.74, 6) is 0.659. The van der Waals surface area contributed by atoms with Crippen molar-refractivity contribution in [1.82, 2.24) is 15.2 Å². The number of nitrogens with one attached hydrogen (secondary N) is 1. The number of carbonyl (C=O) groups excluding carboxylic acids is 1. The molecule has 1 aromatic carbocycles. The van der Waals surface area contributed by atoms with Crippen LogP contribution >= 0.6 is 23.4 Å². The van der Waals surface area contributed by atoms with Crippen LogP contribution in [0.5, 0.6) is 0 Å². The first-order chi connectivity index (χ1) is 12.2. The monoisotopic (exact) mass is 373 g/mol. The summed E-state index contributed by atoms with van der Waals surface area (Å²) >= 11 is 7.64. The molecule has 6 heteroatoms. The van der Waals surface area contributed by atoms with Crippen LogP contribution in [-0.2, 0) is 0 Å². The lowest BCUT2D eigenvalue weighted by molar-refractivity contribution is 0.0620. The van der Waals surface area contributed by atoms with Crippen molar-refractivity contribution in [2.45, 2.75) is 28.7 Å². The number of piperidine rings is 3. The Hall–Kier alpha value is -1.56. The Morgan fingerprint density at radius 3 is 2.60 bits per heavy atom. The second-order valence-electron chi connectivity index (χ2n) is 6.64. The van der Waals surface area contributed by atoms with Gasteiger partial charge in [0.15, 0.2) is 0 Å². The van der Waals surface area contributed by atoms with E-state index in [-0.39, 0.29) is 5.91 Å². The second kappa shape index (κ2) is 7.36. The van der Waals surface area contributed by atoms with Crippen molar-refractivity contribution in [3.63, 3.8) is 0 Å². The van der Waals surface area contributed by atoms with Crippen LogP contribution in [0.4, 0.5) is 0 Å². The molecule has 5 rings (SSSR count). The highest BCUT2D eigenvalue weighted by atomic mass is 35.5. The van der Waals surface area contributed by atoms with Gasteiger partial charge in [0.05, 0.1) is 0 Å². The van der Waals surface area contributed by atoms with E-state index in [1.165, 1.54) is 25.9 Å². The maximum atomic E-state index is 12.5. The zero-order chi connectivity index (χ0) is 17.2. The molecule has 3 aliphatic rings. The molecule has 2 bridgehead atoms. The average molecular weight is 374 g/mol. The molecule has 0 radical (unpaired) electrons. The lowest BCUT2D eigenvalue weighted by Gasteiger charge is -2.44. The fourth-order valence-electron chi connectivity index (χ4n) is 3.63. The first-order valence-electron chi connectivity index (χ1n) is 8.61. The number of halogens is 1. The van der Waals surface area contributed by atoms with Gasteiger partial charge in [-0.15, -0.1) is 0 Å². The van der Waals surface area contributed by atoms with Crippen molar-refractivity contribution in [2.24, 2.45) is 5.92 Å². The Balaban J connectivity index is 1.40. The molecule has 0 saturated carbocycles. The van der Waals surface area contributed by atoms with Crippen LogP contribution in [0.25, 0.3) is 0 Å². The van der Waals surface area contributed by atoms with Gasteiger partial charge in [-0.2, -0.15) is 0 Å². The minimum absolute atomic E-state index is 0.0229. The smallest absolute Gasteiger partial charge is 0.251 e. The molecule has 25 heavy (non-hydrogen) atoms. The summed E-state index contributed by atoms with van der Waals surface area (Å²) in [6.45, 7) is 3.35. The molecule has 0 unspecified atom stereocenters. The van der Waals surface area contributed by atoms with Crippen molar-refractivity contribution in [3.8, 4) is 0 Å². The fourth-order valence-corrected chi connectivity index (χ4v) is 4.67. The van der Waals surface area contributed by atoms with E-state index < -0.39 is 0 Å². The van der Waals surface area contributed by atoms with Gasteiger partial charge in [-0.05, 0) is 68.2 Å². The molecular formula is C19H20ClN3OS. The van der Waals surface area contributed by atoms with Gasteiger partial charge in [-0.1, -0.05) is 23.4 Å². The zero-order valence-electron chi connectivity index (χ0n) is 13.8. The molecule has 1 atom stereocenters. The first kappa shape index (κ1) is 16.9. The summed E-state index contributed by atoms with van der Waals surface area (Å²) in [6.07, 6.45) is 4.08. The summed E-state index contributed by atoms with van der Waals surface area (Å²) in [4.78, 5) is 21.0. The molecule has 2 aromatic rings. The van der Waals surface area contributed by atoms with Gasteiger partial charge >= 0.3 is 0 Å². The van der Waals surface area contributed by atoms with Crippen molar-refractivity contribution in [2.75, 3.05) is 19.6 Å². The minimum Gasteiger partial charge on any atom is -0.348 e. The largest absolute Gasteiger partial charge is 0.348 e. The number of aromatic nitrogens is 1. The Labute approximate surface area is 157 Å². The van der Waals surface area contributed by atoms with Gasteiger partial charge in [0.2, 0.25) is 0 Å². The Morgan fingerprint density at radius 1 is 1.20 bits per heavy atom. The summed E-state index contributed by atoms with van der Waals surface area (Å²) in [5, 5.41) is 3.72. The Morgan fingerprint density at radius 2 is 1.96 bits per heavy atom. The standard InChI is InChI=1S/C19H20ClN3OS/c20-18-17(2-1-9-21-18)25-15-5-3-14(4-6-15)19(24)22-16-12-23-10-7-13(16)8-11-23/h1-6,9,13,16H,7-8,10-12H2,(H,22,24)/t16-/m0/s1. The average Bonchev–Trinajstić information content (AvgIpc) is 2.65. The second-order valence-corrected chi connectivity index (χ2v) is 8.11. The molecular weight excluding hydrogens is 354 g/mol. The van der Waals surface area contributed by atoms with Crippen molar-refractivity contribution < 1.29 is 4.79 Å². The molecule has 4 heterocycles. The maximum absolute atomic E-state index is 12.5. The van der Waals surface area contributed by atoms with Gasteiger partial charge in [0, 0.05) is 34.1 Å². The van der Waals surface area contributed by atoms with Crippen LogP contribution in [0, 0.1) is 5.92 Å². The predicted molar refractivity (Wildman–Crippen MR) is 100 cm³/mol. The number of rotatable bonds is 4. The number of nitrogens with zero attached hydrogens (tertiary/aromatic N) is 2. The third-order valence-electron chi connectivity index (χ3n) is 5.04. The molecule has 4 nitrogen and oxygen atoms in total. The van der Waals surface area contributed by atoms with Crippen LogP contribution in [0.3, 0.4) is 0 Å². The third kappa shape index (κ3) is 3.84. The molecule has 1 aromatic heterocycles. The van der Waals surface area contributed by atoms with E-state index in [0.717, 1.165) is 16.3 Å². The Kier molecular flexibility index (Phi) is 4.97. The quantitative estimate of drug-likeness (QED) is 0.830. The third-order valence-corrected chi connectivity index (χ3v) is 6.51. The van der Waals surface area contributed by atoms with Crippen molar-refractivity contribution >= 4 is 29.3 Å². The summed E-state index contributed by atoms with van der Waals surface area (Å²) < 4.78 is 0. The highest BCUT2D eigenvalue weighted by molar-refractivity contribution is 7.99. The van der Waals surface area contributed by atoms with Gasteiger partial charge < -0.3 is 10.2 Å². The lowest BCUT2D eigenvalue weighted by Crippen LogP contribution is -2.57. The van der Waals surface area contributed by atoms with Crippen LogP contribution in [0.1, 0.15) is 23.2 Å². The topological polar surface area (TPSA) is 45.2 Å². The highest BCUT2D eigenvalue weighted by Crippen LogP contribution is 2.32. The predicted octanol–water partition coefficient (Wildman–Crippen LogP) is 3.71. The van der Waals surface area contributed by atoms with Crippen LogP contribution in [0.15, 0.2) is 52.4 Å². The van der Waals surface area contributed by atoms with E-state index in [9.17, 15) is 4.79 Å². The van der Waals surface area contributed by atoms with Crippen LogP contribution in [-0.4, -0.2) is 41.5 Å². The molecule has 3 saturated heterocycles. The first-order valence-corrected chi connectivity index (χ1v) is 9.80. The normalized spacial score (nSPS) is 24.9. The van der Waals surface area contributed by atoms with Crippen molar-refractivity contribution in [1.29, 1.82) is 0 Å². The number of hydrogen-bond donors (Lipinski definition) is 1. The van der Waals surface area contributed by atoms with E-state index in [1.807, 2.05) is 36.4 Å². The molecule has 1 amide bonds. The number of pyridine rings is 1. The van der Waals surface area contributed by atoms with Crippen molar-refractivity contribution in [3.05, 3.63) is 53.3 Å². The van der Waals surface area contributed by atoms with Gasteiger partial charge in [-0.25, -0.2) is 4.98 Å². The summed E-state index contributed by atoms with van der Waals surface area (Å²) in [7, 11) is 0. The zero-order valence-corrected chi connectivity index (χ0v) is 15.4. The SMILES string of the molecule is O=C(N[C@H]1CN2CCC1CC2)c1ccc(Sc2cccnc2Cl)cc1. The molecule has 1 N–H and O–H groups in total. The number of carbonyl (C=O) groups is 1. The Bertz CT molecular complexity index is 760. The molecule has 3 aliphatic heterocycles. The fraction of sp³-hybridized carbons (Fsp3) is 0.368. The molecule has 130 valence electrons. The molecule has 0 aliphatic carbocycles. The molecule has 0 spiro atoms. The van der Waals surface area contributed by atoms with E-state index >= 15 is 0 Å². The van der Waals surface area contributed by atoms with Gasteiger partial charge in [0.25, 0.3) is 5.91 Å². The summed E-state index contributed by atoms with van der Waals surface area (Å²) in [5.41, 5.74) is 0.707. The highest BCUT2D eigenvalue weighted by Gasteiger charge is 2.34. The van der Waals surface area contributed by atoms with Crippen LogP contribution < -0.4 is 5.32 Å². The number of fused-ring (bicyclic) bond motifs is 3. The van der Waals surface area contributed by atoms with E-state index in [2.05, 4.69) is 15.2 Å². The summed E-state index contributed by atoms with van der Waals surface area (Å²) in [6, 6.07) is 11.8. The minimum atomic E-state index is 0.0229. The van der Waals surface area contributed by atoms with E-state index in [4.69, 9.17) is 11.6 Å². The number of hydrogen-bond acceptors (Lipinski definition) is 4. The van der Waals surface area contributed by atoms with Gasteiger partial charge in [0.1, 0.15) is 5.15 Å². The number of benzene rings is 1. The van der Waals surface area contributed by atoms with E-state index in [0.29, 0.717) is 22.7 Å². The lowest BCUT2D eigenvalue weighted by atomic mass is 9.84. The molecule has 3 fully saturated rings. The number of amides is 1. The van der Waals surface area contributed by atoms with E-state index in [1.54, 1.807) is 18.0 Å². The maximum Gasteiger partial charge on any atom is 0.251 e. The van der Waals surface area contributed by atoms with Gasteiger partial charge in [-0.3, -0.25) is 4.79 Å². The van der Waals surface area contributed by atoms with Crippen LogP contribution in [0.2, 0.25) is 5.15 Å².